The van der Waals surface area contributed by atoms with E-state index in [9.17, 15) is 0 Å². The number of hydrogen-bond acceptors (Lipinski definition) is 6. The fraction of sp³-hybridized carbons (Fsp3) is 0.250. The maximum Gasteiger partial charge on any atom is 0.203 e. The van der Waals surface area contributed by atoms with Crippen molar-refractivity contribution in [3.05, 3.63) is 65.5 Å². The Hall–Kier alpha value is -3.74. The predicted octanol–water partition coefficient (Wildman–Crippen LogP) is 4.38. The third-order valence-corrected chi connectivity index (χ3v) is 5.64. The summed E-state index contributed by atoms with van der Waals surface area (Å²) in [6.45, 7) is 0.628. The fourth-order valence-electron chi connectivity index (χ4n) is 4.20. The Balaban J connectivity index is 1.75. The summed E-state index contributed by atoms with van der Waals surface area (Å²) in [5.41, 5.74) is 6.08. The third kappa shape index (κ3) is 3.22. The molecule has 0 saturated carbocycles. The molecule has 0 amide bonds. The highest BCUT2D eigenvalue weighted by Gasteiger charge is 2.30. The van der Waals surface area contributed by atoms with Crippen LogP contribution in [-0.2, 0) is 19.4 Å². The highest BCUT2D eigenvalue weighted by Crippen LogP contribution is 2.46. The van der Waals surface area contributed by atoms with Crippen LogP contribution in [0.3, 0.4) is 0 Å². The smallest absolute Gasteiger partial charge is 0.203 e. The van der Waals surface area contributed by atoms with Gasteiger partial charge in [0.25, 0.3) is 0 Å². The minimum atomic E-state index is 0.553. The molecule has 7 nitrogen and oxygen atoms in total. The number of hydrogen-bond donors (Lipinski definition) is 0. The van der Waals surface area contributed by atoms with Gasteiger partial charge in [0, 0.05) is 11.1 Å². The van der Waals surface area contributed by atoms with Gasteiger partial charge in [-0.05, 0) is 30.5 Å². The number of nitrogens with zero attached hydrogens (tertiary/aromatic N) is 3. The summed E-state index contributed by atoms with van der Waals surface area (Å²) >= 11 is 0. The number of aromatic nitrogens is 3. The summed E-state index contributed by atoms with van der Waals surface area (Å²) in [5.74, 6) is 2.51. The Labute approximate surface area is 180 Å². The van der Waals surface area contributed by atoms with Crippen LogP contribution in [0, 0.1) is 0 Å². The summed E-state index contributed by atoms with van der Waals surface area (Å²) in [6, 6.07) is 14.2. The van der Waals surface area contributed by atoms with Crippen molar-refractivity contribution in [2.75, 3.05) is 21.3 Å². The van der Waals surface area contributed by atoms with E-state index in [4.69, 9.17) is 23.8 Å². The molecule has 4 aromatic rings. The van der Waals surface area contributed by atoms with E-state index in [1.54, 1.807) is 27.5 Å². The van der Waals surface area contributed by atoms with E-state index < -0.39 is 0 Å². The van der Waals surface area contributed by atoms with Crippen LogP contribution < -0.4 is 14.2 Å². The molecule has 0 radical (unpaired) electrons. The molecule has 0 N–H and O–H groups in total. The van der Waals surface area contributed by atoms with Crippen molar-refractivity contribution in [2.45, 2.75) is 19.4 Å². The monoisotopic (exact) mass is 417 g/mol. The molecule has 2 aromatic heterocycles. The van der Waals surface area contributed by atoms with Crippen molar-refractivity contribution < 1.29 is 18.7 Å². The lowest BCUT2D eigenvalue weighted by molar-refractivity contribution is 0.324. The second-order valence-electron chi connectivity index (χ2n) is 7.41. The lowest BCUT2D eigenvalue weighted by Crippen LogP contribution is -2.05. The first-order valence-corrected chi connectivity index (χ1v) is 10.1. The van der Waals surface area contributed by atoms with Crippen LogP contribution in [0.4, 0.5) is 0 Å². The molecule has 7 heteroatoms. The highest BCUT2D eigenvalue weighted by atomic mass is 16.5. The van der Waals surface area contributed by atoms with Gasteiger partial charge in [-0.25, -0.2) is 0 Å². The van der Waals surface area contributed by atoms with Crippen molar-refractivity contribution >= 4 is 0 Å². The molecule has 0 atom stereocenters. The van der Waals surface area contributed by atoms with Crippen molar-refractivity contribution in [1.29, 1.82) is 0 Å². The number of benzene rings is 2. The van der Waals surface area contributed by atoms with Gasteiger partial charge < -0.3 is 18.7 Å². The maximum absolute atomic E-state index is 5.68. The van der Waals surface area contributed by atoms with Gasteiger partial charge in [-0.1, -0.05) is 35.5 Å². The molecule has 1 aliphatic carbocycles. The highest BCUT2D eigenvalue weighted by molar-refractivity contribution is 5.85. The van der Waals surface area contributed by atoms with Gasteiger partial charge in [-0.15, -0.1) is 0 Å². The Kier molecular flexibility index (Phi) is 4.86. The summed E-state index contributed by atoms with van der Waals surface area (Å²) in [6.07, 6.45) is 3.50. The Morgan fingerprint density at radius 1 is 0.968 bits per heavy atom. The van der Waals surface area contributed by atoms with Crippen LogP contribution in [-0.4, -0.2) is 36.3 Å². The van der Waals surface area contributed by atoms with E-state index in [2.05, 4.69) is 17.3 Å². The van der Waals surface area contributed by atoms with Crippen LogP contribution in [0.2, 0.25) is 0 Å². The minimum Gasteiger partial charge on any atom is -0.493 e. The summed E-state index contributed by atoms with van der Waals surface area (Å²) < 4.78 is 24.4. The predicted molar refractivity (Wildman–Crippen MR) is 116 cm³/mol. The fourth-order valence-corrected chi connectivity index (χ4v) is 4.20. The standard InChI is InChI=1S/C24H23N3O4/c1-28-19-11-17(12-20(29-2)24(19)30-3)22-21-18(10-9-16-13-25-31-23(16)21)26-27(22)14-15-7-5-4-6-8-15/h4-8,11-13H,9-10,14H2,1-3H3. The molecule has 2 heterocycles. The molecule has 0 unspecified atom stereocenters. The molecule has 2 aromatic carbocycles. The van der Waals surface area contributed by atoms with E-state index in [-0.39, 0.29) is 0 Å². The normalized spacial score (nSPS) is 12.2. The van der Waals surface area contributed by atoms with Gasteiger partial charge in [0.15, 0.2) is 17.3 Å². The largest absolute Gasteiger partial charge is 0.493 e. The lowest BCUT2D eigenvalue weighted by Gasteiger charge is -2.16. The van der Waals surface area contributed by atoms with Crippen molar-refractivity contribution in [3.8, 4) is 39.8 Å². The van der Waals surface area contributed by atoms with Gasteiger partial charge in [-0.3, -0.25) is 4.68 Å². The quantitative estimate of drug-likeness (QED) is 0.464. The zero-order valence-electron chi connectivity index (χ0n) is 17.7. The number of ether oxygens (including phenoxy) is 3. The van der Waals surface area contributed by atoms with Crippen LogP contribution in [0.25, 0.3) is 22.6 Å². The SMILES string of the molecule is COc1cc(-c2c3c(nn2Cc2ccccc2)CCc2cnoc2-3)cc(OC)c1OC. The molecule has 1 aliphatic rings. The Morgan fingerprint density at radius 3 is 2.39 bits per heavy atom. The Morgan fingerprint density at radius 2 is 1.71 bits per heavy atom. The lowest BCUT2D eigenvalue weighted by atomic mass is 9.92. The maximum atomic E-state index is 5.68. The molecule has 0 fully saturated rings. The Bertz CT molecular complexity index is 1200. The zero-order valence-corrected chi connectivity index (χ0v) is 17.7. The summed E-state index contributed by atoms with van der Waals surface area (Å²) in [7, 11) is 4.83. The molecule has 158 valence electrons. The van der Waals surface area contributed by atoms with E-state index in [1.807, 2.05) is 35.0 Å². The van der Waals surface area contributed by atoms with Gasteiger partial charge in [0.2, 0.25) is 5.75 Å². The molecular formula is C24H23N3O4. The number of rotatable bonds is 6. The van der Waals surface area contributed by atoms with Gasteiger partial charge in [0.1, 0.15) is 0 Å². The second-order valence-corrected chi connectivity index (χ2v) is 7.41. The average Bonchev–Trinajstić information content (AvgIpc) is 3.42. The van der Waals surface area contributed by atoms with E-state index in [0.29, 0.717) is 23.8 Å². The zero-order chi connectivity index (χ0) is 21.4. The molecule has 0 saturated heterocycles. The number of fused-ring (bicyclic) bond motifs is 3. The summed E-state index contributed by atoms with van der Waals surface area (Å²) in [5, 5.41) is 9.01. The van der Waals surface area contributed by atoms with Crippen LogP contribution >= 0.6 is 0 Å². The molecule has 0 spiro atoms. The number of aryl methyl sites for hydroxylation is 2. The van der Waals surface area contributed by atoms with E-state index in [0.717, 1.165) is 52.2 Å². The van der Waals surface area contributed by atoms with Crippen LogP contribution in [0.1, 0.15) is 16.8 Å². The average molecular weight is 417 g/mol. The van der Waals surface area contributed by atoms with Gasteiger partial charge in [-0.2, -0.15) is 5.10 Å². The third-order valence-electron chi connectivity index (χ3n) is 5.64. The molecule has 5 rings (SSSR count). The molecular weight excluding hydrogens is 394 g/mol. The first kappa shape index (κ1) is 19.2. The van der Waals surface area contributed by atoms with E-state index >= 15 is 0 Å². The molecule has 0 aliphatic heterocycles. The second kappa shape index (κ2) is 7.83. The van der Waals surface area contributed by atoms with Crippen LogP contribution in [0.5, 0.6) is 17.2 Å². The van der Waals surface area contributed by atoms with Crippen molar-refractivity contribution in [2.24, 2.45) is 0 Å². The topological polar surface area (TPSA) is 71.5 Å². The summed E-state index contributed by atoms with van der Waals surface area (Å²) in [4.78, 5) is 0. The first-order valence-electron chi connectivity index (χ1n) is 10.1. The minimum absolute atomic E-state index is 0.553. The first-order chi connectivity index (χ1) is 15.2. The van der Waals surface area contributed by atoms with Crippen LogP contribution in [0.15, 0.2) is 53.2 Å². The van der Waals surface area contributed by atoms with Crippen molar-refractivity contribution in [1.82, 2.24) is 14.9 Å². The van der Waals surface area contributed by atoms with Crippen molar-refractivity contribution in [3.63, 3.8) is 0 Å². The van der Waals surface area contributed by atoms with Gasteiger partial charge in [0.05, 0.1) is 51.0 Å². The molecule has 0 bridgehead atoms. The number of methoxy groups -OCH3 is 3. The van der Waals surface area contributed by atoms with Gasteiger partial charge >= 0.3 is 0 Å². The van der Waals surface area contributed by atoms with E-state index in [1.165, 1.54) is 0 Å². The molecule has 31 heavy (non-hydrogen) atoms.